The first-order valence-corrected chi connectivity index (χ1v) is 10.7. The second-order valence-corrected chi connectivity index (χ2v) is 9.09. The van der Waals surface area contributed by atoms with Crippen LogP contribution < -0.4 is 4.67 Å². The summed E-state index contributed by atoms with van der Waals surface area (Å²) >= 11 is 0. The summed E-state index contributed by atoms with van der Waals surface area (Å²) < 4.78 is 20.9. The maximum absolute atomic E-state index is 14.4. The Labute approximate surface area is 151 Å². The quantitative estimate of drug-likeness (QED) is 0.691. The fourth-order valence-corrected chi connectivity index (χ4v) is 7.09. The van der Waals surface area contributed by atoms with E-state index >= 15 is 0 Å². The molecule has 0 aliphatic carbocycles. The largest absolute Gasteiger partial charge is 0.311 e. The third-order valence-electron chi connectivity index (χ3n) is 4.94. The summed E-state index contributed by atoms with van der Waals surface area (Å²) in [4.78, 5) is 0. The van der Waals surface area contributed by atoms with Crippen LogP contribution in [0.15, 0.2) is 60.7 Å². The van der Waals surface area contributed by atoms with Crippen LogP contribution in [0.2, 0.25) is 0 Å². The minimum atomic E-state index is -2.84. The first kappa shape index (κ1) is 18.2. The summed E-state index contributed by atoms with van der Waals surface area (Å²) in [6, 6.07) is 20.8. The Morgan fingerprint density at radius 2 is 1.56 bits per heavy atom. The lowest BCUT2D eigenvalue weighted by Crippen LogP contribution is -2.34. The molecular formula is C20H28N3OP. The second kappa shape index (κ2) is 7.74. The Kier molecular flexibility index (Phi) is 5.63. The van der Waals surface area contributed by atoms with E-state index in [-0.39, 0.29) is 6.04 Å². The van der Waals surface area contributed by atoms with E-state index in [1.165, 1.54) is 5.56 Å². The van der Waals surface area contributed by atoms with Crippen LogP contribution in [0.5, 0.6) is 0 Å². The van der Waals surface area contributed by atoms with E-state index in [9.17, 15) is 4.57 Å². The van der Waals surface area contributed by atoms with E-state index in [1.54, 1.807) is 0 Å². The summed E-state index contributed by atoms with van der Waals surface area (Å²) in [6.45, 7) is 9.40. The molecule has 1 aliphatic heterocycles. The van der Waals surface area contributed by atoms with Gasteiger partial charge in [-0.25, -0.2) is 9.34 Å². The molecule has 1 fully saturated rings. The fraction of sp³-hybridized carbons (Fsp3) is 0.400. The van der Waals surface area contributed by atoms with Gasteiger partial charge in [-0.15, -0.1) is 0 Å². The van der Waals surface area contributed by atoms with Crippen molar-refractivity contribution >= 4 is 13.3 Å². The van der Waals surface area contributed by atoms with Crippen molar-refractivity contribution in [3.63, 3.8) is 0 Å². The van der Waals surface area contributed by atoms with Gasteiger partial charge in [0.05, 0.1) is 0 Å². The van der Waals surface area contributed by atoms with Crippen LogP contribution in [0.3, 0.4) is 0 Å². The SMILES string of the molecule is CCN(CC)[P@]1(=O)N(c2ccccc2)C[C@@H](C)N1Cc1ccccc1. The van der Waals surface area contributed by atoms with Crippen LogP contribution in [0.4, 0.5) is 5.69 Å². The molecule has 3 rings (SSSR count). The summed E-state index contributed by atoms with van der Waals surface area (Å²) in [5, 5.41) is 0. The smallest absolute Gasteiger partial charge is 0.297 e. The molecule has 0 unspecified atom stereocenters. The summed E-state index contributed by atoms with van der Waals surface area (Å²) in [6.07, 6.45) is 0. The minimum Gasteiger partial charge on any atom is -0.297 e. The summed E-state index contributed by atoms with van der Waals surface area (Å²) in [7, 11) is -2.84. The average molecular weight is 357 g/mol. The van der Waals surface area contributed by atoms with Crippen molar-refractivity contribution in [1.29, 1.82) is 0 Å². The zero-order valence-electron chi connectivity index (χ0n) is 15.4. The highest BCUT2D eigenvalue weighted by Crippen LogP contribution is 2.63. The Bertz CT molecular complexity index is 718. The van der Waals surface area contributed by atoms with E-state index in [4.69, 9.17) is 0 Å². The lowest BCUT2D eigenvalue weighted by Gasteiger charge is -2.39. The average Bonchev–Trinajstić information content (AvgIpc) is 2.90. The van der Waals surface area contributed by atoms with E-state index in [0.29, 0.717) is 6.54 Å². The number of benzene rings is 2. The normalized spacial score (nSPS) is 24.2. The van der Waals surface area contributed by atoms with Crippen molar-refractivity contribution in [2.24, 2.45) is 0 Å². The van der Waals surface area contributed by atoms with Crippen molar-refractivity contribution in [3.8, 4) is 0 Å². The number of nitrogens with zero attached hydrogens (tertiary/aromatic N) is 3. The van der Waals surface area contributed by atoms with Gasteiger partial charge < -0.3 is 0 Å². The van der Waals surface area contributed by atoms with Gasteiger partial charge in [0.25, 0.3) is 0 Å². The van der Waals surface area contributed by atoms with Gasteiger partial charge in [0.1, 0.15) is 0 Å². The van der Waals surface area contributed by atoms with Gasteiger partial charge in [-0.1, -0.05) is 62.4 Å². The highest BCUT2D eigenvalue weighted by Gasteiger charge is 2.50. The first-order chi connectivity index (χ1) is 12.1. The van der Waals surface area contributed by atoms with Gasteiger partial charge >= 0.3 is 7.59 Å². The Balaban J connectivity index is 2.02. The zero-order valence-corrected chi connectivity index (χ0v) is 16.3. The maximum atomic E-state index is 14.4. The Hall–Kier alpha value is -1.61. The molecule has 1 saturated heterocycles. The Morgan fingerprint density at radius 1 is 1.00 bits per heavy atom. The predicted octanol–water partition coefficient (Wildman–Crippen LogP) is 4.85. The van der Waals surface area contributed by atoms with Crippen LogP contribution >= 0.6 is 7.59 Å². The van der Waals surface area contributed by atoms with Crippen molar-refractivity contribution in [1.82, 2.24) is 9.34 Å². The first-order valence-electron chi connectivity index (χ1n) is 9.10. The zero-order chi connectivity index (χ0) is 17.9. The molecular weight excluding hydrogens is 329 g/mol. The topological polar surface area (TPSA) is 26.8 Å². The van der Waals surface area contributed by atoms with Crippen LogP contribution in [-0.4, -0.2) is 35.0 Å². The molecule has 0 amide bonds. The van der Waals surface area contributed by atoms with Crippen molar-refractivity contribution in [2.75, 3.05) is 24.3 Å². The predicted molar refractivity (Wildman–Crippen MR) is 106 cm³/mol. The molecule has 5 heteroatoms. The van der Waals surface area contributed by atoms with Crippen molar-refractivity contribution in [2.45, 2.75) is 33.4 Å². The molecule has 0 N–H and O–H groups in total. The molecule has 1 heterocycles. The van der Waals surface area contributed by atoms with E-state index in [1.807, 2.05) is 36.4 Å². The number of rotatable bonds is 6. The third-order valence-corrected chi connectivity index (χ3v) is 8.47. The lowest BCUT2D eigenvalue weighted by molar-refractivity contribution is 0.323. The van der Waals surface area contributed by atoms with E-state index in [0.717, 1.165) is 25.3 Å². The fourth-order valence-electron chi connectivity index (χ4n) is 3.63. The van der Waals surface area contributed by atoms with Crippen LogP contribution in [0, 0.1) is 0 Å². The molecule has 2 aromatic carbocycles. The van der Waals surface area contributed by atoms with Crippen LogP contribution in [-0.2, 0) is 11.1 Å². The summed E-state index contributed by atoms with van der Waals surface area (Å²) in [5.41, 5.74) is 2.25. The van der Waals surface area contributed by atoms with Gasteiger partial charge in [-0.2, -0.15) is 0 Å². The van der Waals surface area contributed by atoms with Gasteiger partial charge in [-0.3, -0.25) is 9.24 Å². The standard InChI is InChI=1S/C20H28N3OP/c1-4-21(5-2)25(24)22(17-19-12-8-6-9-13-19)18(3)16-23(25)20-14-10-7-11-15-20/h6-15,18H,4-5,16-17H2,1-3H3/t18-,25-/m1/s1. The monoisotopic (exact) mass is 357 g/mol. The molecule has 0 spiro atoms. The molecule has 134 valence electrons. The van der Waals surface area contributed by atoms with Crippen LogP contribution in [0.1, 0.15) is 26.3 Å². The number of hydrogen-bond donors (Lipinski definition) is 0. The lowest BCUT2D eigenvalue weighted by atomic mass is 10.2. The molecule has 2 aromatic rings. The van der Waals surface area contributed by atoms with Gasteiger partial charge in [0.2, 0.25) is 0 Å². The number of para-hydroxylation sites is 1. The Morgan fingerprint density at radius 3 is 2.12 bits per heavy atom. The summed E-state index contributed by atoms with van der Waals surface area (Å²) in [5.74, 6) is 0. The minimum absolute atomic E-state index is 0.229. The number of hydrogen-bond acceptors (Lipinski definition) is 1. The molecule has 4 nitrogen and oxygen atoms in total. The van der Waals surface area contributed by atoms with Gasteiger partial charge in [0, 0.05) is 37.9 Å². The second-order valence-electron chi connectivity index (χ2n) is 6.50. The maximum Gasteiger partial charge on any atom is 0.311 e. The van der Waals surface area contributed by atoms with Crippen molar-refractivity contribution in [3.05, 3.63) is 66.2 Å². The molecule has 0 bridgehead atoms. The van der Waals surface area contributed by atoms with E-state index < -0.39 is 7.59 Å². The molecule has 0 radical (unpaired) electrons. The highest BCUT2D eigenvalue weighted by atomic mass is 31.2. The highest BCUT2D eigenvalue weighted by molar-refractivity contribution is 7.61. The molecule has 1 aliphatic rings. The third kappa shape index (κ3) is 3.39. The molecule has 2 atom stereocenters. The molecule has 0 aromatic heterocycles. The van der Waals surface area contributed by atoms with Crippen LogP contribution in [0.25, 0.3) is 0 Å². The molecule has 0 saturated carbocycles. The molecule has 25 heavy (non-hydrogen) atoms. The van der Waals surface area contributed by atoms with Crippen molar-refractivity contribution < 1.29 is 4.57 Å². The number of anilines is 1. The van der Waals surface area contributed by atoms with E-state index in [2.05, 4.69) is 59.0 Å². The van der Waals surface area contributed by atoms with Gasteiger partial charge in [-0.05, 0) is 24.6 Å². The van der Waals surface area contributed by atoms with Gasteiger partial charge in [0.15, 0.2) is 0 Å².